The number of benzene rings is 1. The van der Waals surface area contributed by atoms with E-state index >= 15 is 0 Å². The number of ether oxygens (including phenoxy) is 2. The monoisotopic (exact) mass is 428 g/mol. The Morgan fingerprint density at radius 3 is 2.50 bits per heavy atom. The van der Waals surface area contributed by atoms with Crippen molar-refractivity contribution in [3.05, 3.63) is 52.9 Å². The van der Waals surface area contributed by atoms with Crippen LogP contribution in [0.15, 0.2) is 46.8 Å². The summed E-state index contributed by atoms with van der Waals surface area (Å²) in [6.07, 6.45) is 2.34. The Kier molecular flexibility index (Phi) is 7.61. The summed E-state index contributed by atoms with van der Waals surface area (Å²) in [5.74, 6) is 0.979. The SMILES string of the molecule is CN=C(NCc1ccc(COC2CCOCC2)cc1)N1CCN(c2cccs2)CC1. The van der Waals surface area contributed by atoms with Gasteiger partial charge in [0, 0.05) is 53.0 Å². The van der Waals surface area contributed by atoms with Gasteiger partial charge < -0.3 is 24.6 Å². The number of hydrogen-bond donors (Lipinski definition) is 1. The van der Waals surface area contributed by atoms with E-state index in [2.05, 4.69) is 61.9 Å². The Morgan fingerprint density at radius 1 is 1.10 bits per heavy atom. The maximum atomic E-state index is 6.01. The molecule has 2 aromatic rings. The fourth-order valence-electron chi connectivity index (χ4n) is 3.91. The highest BCUT2D eigenvalue weighted by atomic mass is 32.1. The lowest BCUT2D eigenvalue weighted by molar-refractivity contribution is -0.0390. The summed E-state index contributed by atoms with van der Waals surface area (Å²) in [4.78, 5) is 9.30. The van der Waals surface area contributed by atoms with E-state index in [9.17, 15) is 0 Å². The Bertz CT molecular complexity index is 780. The predicted molar refractivity (Wildman–Crippen MR) is 123 cm³/mol. The Balaban J connectivity index is 1.21. The van der Waals surface area contributed by atoms with Gasteiger partial charge in [0.05, 0.1) is 17.7 Å². The molecular weight excluding hydrogens is 396 g/mol. The summed E-state index contributed by atoms with van der Waals surface area (Å²) < 4.78 is 11.4. The van der Waals surface area contributed by atoms with Crippen molar-refractivity contribution < 1.29 is 9.47 Å². The highest BCUT2D eigenvalue weighted by molar-refractivity contribution is 7.14. The molecule has 0 radical (unpaired) electrons. The van der Waals surface area contributed by atoms with Crippen LogP contribution in [0.25, 0.3) is 0 Å². The molecule has 2 aliphatic heterocycles. The largest absolute Gasteiger partial charge is 0.381 e. The highest BCUT2D eigenvalue weighted by Gasteiger charge is 2.20. The number of thiophene rings is 1. The summed E-state index contributed by atoms with van der Waals surface area (Å²) in [6, 6.07) is 13.0. The van der Waals surface area contributed by atoms with Crippen LogP contribution in [0.1, 0.15) is 24.0 Å². The maximum Gasteiger partial charge on any atom is 0.194 e. The van der Waals surface area contributed by atoms with E-state index in [-0.39, 0.29) is 0 Å². The standard InChI is InChI=1S/C23H32N4O2S/c1-24-23(27-12-10-26(11-13-27)22-3-2-16-30-22)25-17-19-4-6-20(7-5-19)18-29-21-8-14-28-15-9-21/h2-7,16,21H,8-15,17-18H2,1H3,(H,24,25). The lowest BCUT2D eigenvalue weighted by Gasteiger charge is -2.37. The van der Waals surface area contributed by atoms with Crippen LogP contribution in [0.2, 0.25) is 0 Å². The van der Waals surface area contributed by atoms with Crippen LogP contribution in [0.5, 0.6) is 0 Å². The topological polar surface area (TPSA) is 49.3 Å². The maximum absolute atomic E-state index is 6.01. The molecule has 0 unspecified atom stereocenters. The first-order valence-corrected chi connectivity index (χ1v) is 11.7. The molecule has 2 aliphatic rings. The van der Waals surface area contributed by atoms with Crippen molar-refractivity contribution in [2.45, 2.75) is 32.1 Å². The van der Waals surface area contributed by atoms with Gasteiger partial charge in [-0.15, -0.1) is 11.3 Å². The molecule has 2 saturated heterocycles. The van der Waals surface area contributed by atoms with E-state index in [1.54, 1.807) is 0 Å². The number of anilines is 1. The number of guanidine groups is 1. The van der Waals surface area contributed by atoms with Gasteiger partial charge >= 0.3 is 0 Å². The molecule has 162 valence electrons. The second-order valence-electron chi connectivity index (χ2n) is 7.77. The molecular formula is C23H32N4O2S. The quantitative estimate of drug-likeness (QED) is 0.565. The average molecular weight is 429 g/mol. The molecule has 0 amide bonds. The van der Waals surface area contributed by atoms with Gasteiger partial charge in [0.1, 0.15) is 0 Å². The van der Waals surface area contributed by atoms with Crippen molar-refractivity contribution in [1.82, 2.24) is 10.2 Å². The molecule has 0 bridgehead atoms. The number of piperazine rings is 1. The van der Waals surface area contributed by atoms with Gasteiger partial charge in [0.15, 0.2) is 5.96 Å². The summed E-state index contributed by atoms with van der Waals surface area (Å²) in [5.41, 5.74) is 2.47. The van der Waals surface area contributed by atoms with Gasteiger partial charge in [-0.3, -0.25) is 4.99 Å². The van der Waals surface area contributed by atoms with Gasteiger partial charge in [0.2, 0.25) is 0 Å². The smallest absolute Gasteiger partial charge is 0.194 e. The van der Waals surface area contributed by atoms with Crippen LogP contribution < -0.4 is 10.2 Å². The number of nitrogens with one attached hydrogen (secondary N) is 1. The van der Waals surface area contributed by atoms with Crippen molar-refractivity contribution in [1.29, 1.82) is 0 Å². The minimum atomic E-state index is 0.337. The van der Waals surface area contributed by atoms with Crippen LogP contribution in [0.3, 0.4) is 0 Å². The second kappa shape index (κ2) is 10.8. The van der Waals surface area contributed by atoms with Gasteiger partial charge in [-0.1, -0.05) is 24.3 Å². The Labute approximate surface area is 183 Å². The third-order valence-electron chi connectivity index (χ3n) is 5.74. The number of nitrogens with zero attached hydrogens (tertiary/aromatic N) is 3. The average Bonchev–Trinajstić information content (AvgIpc) is 3.35. The first-order chi connectivity index (χ1) is 14.8. The molecule has 2 fully saturated rings. The van der Waals surface area contributed by atoms with Crippen molar-refractivity contribution >= 4 is 22.3 Å². The second-order valence-corrected chi connectivity index (χ2v) is 8.69. The van der Waals surface area contributed by atoms with Crippen LogP contribution >= 0.6 is 11.3 Å². The molecule has 0 saturated carbocycles. The molecule has 6 nitrogen and oxygen atoms in total. The first-order valence-electron chi connectivity index (χ1n) is 10.8. The van der Waals surface area contributed by atoms with E-state index in [0.717, 1.165) is 64.7 Å². The van der Waals surface area contributed by atoms with Crippen LogP contribution in [0, 0.1) is 0 Å². The third kappa shape index (κ3) is 5.74. The van der Waals surface area contributed by atoms with Crippen molar-refractivity contribution in [2.24, 2.45) is 4.99 Å². The lowest BCUT2D eigenvalue weighted by atomic mass is 10.1. The molecule has 3 heterocycles. The van der Waals surface area contributed by atoms with Crippen molar-refractivity contribution in [3.63, 3.8) is 0 Å². The number of aliphatic imine (C=N–C) groups is 1. The molecule has 0 spiro atoms. The van der Waals surface area contributed by atoms with Crippen molar-refractivity contribution in [3.8, 4) is 0 Å². The summed E-state index contributed by atoms with van der Waals surface area (Å²) in [6.45, 7) is 7.12. The first kappa shape index (κ1) is 21.2. The molecule has 4 rings (SSSR count). The summed E-state index contributed by atoms with van der Waals surface area (Å²) in [7, 11) is 1.87. The molecule has 1 aromatic heterocycles. The number of rotatable bonds is 6. The van der Waals surface area contributed by atoms with E-state index in [0.29, 0.717) is 12.7 Å². The molecule has 1 N–H and O–H groups in total. The Morgan fingerprint density at radius 2 is 1.83 bits per heavy atom. The van der Waals surface area contributed by atoms with Gasteiger partial charge in [-0.25, -0.2) is 0 Å². The van der Waals surface area contributed by atoms with E-state index in [1.165, 1.54) is 16.1 Å². The predicted octanol–water partition coefficient (Wildman–Crippen LogP) is 3.34. The third-order valence-corrected chi connectivity index (χ3v) is 6.67. The Hall–Kier alpha value is -2.09. The van der Waals surface area contributed by atoms with Gasteiger partial charge in [-0.2, -0.15) is 0 Å². The molecule has 30 heavy (non-hydrogen) atoms. The molecule has 0 atom stereocenters. The van der Waals surface area contributed by atoms with E-state index in [1.807, 2.05) is 18.4 Å². The zero-order chi connectivity index (χ0) is 20.6. The van der Waals surface area contributed by atoms with Crippen LogP contribution in [-0.4, -0.2) is 63.4 Å². The zero-order valence-corrected chi connectivity index (χ0v) is 18.6. The van der Waals surface area contributed by atoms with E-state index < -0.39 is 0 Å². The fraction of sp³-hybridized carbons (Fsp3) is 0.522. The minimum Gasteiger partial charge on any atom is -0.381 e. The summed E-state index contributed by atoms with van der Waals surface area (Å²) >= 11 is 1.81. The number of hydrogen-bond acceptors (Lipinski definition) is 5. The van der Waals surface area contributed by atoms with Crippen LogP contribution in [-0.2, 0) is 22.6 Å². The lowest BCUT2D eigenvalue weighted by Crippen LogP contribution is -2.52. The van der Waals surface area contributed by atoms with Gasteiger partial charge in [0.25, 0.3) is 0 Å². The highest BCUT2D eigenvalue weighted by Crippen LogP contribution is 2.22. The molecule has 7 heteroatoms. The van der Waals surface area contributed by atoms with Crippen molar-refractivity contribution in [2.75, 3.05) is 51.3 Å². The van der Waals surface area contributed by atoms with Crippen LogP contribution in [0.4, 0.5) is 5.00 Å². The summed E-state index contributed by atoms with van der Waals surface area (Å²) in [5, 5.41) is 7.03. The van der Waals surface area contributed by atoms with Gasteiger partial charge in [-0.05, 0) is 41.5 Å². The van der Waals surface area contributed by atoms with E-state index in [4.69, 9.17) is 9.47 Å². The normalized spacial score (nSPS) is 18.6. The molecule has 0 aliphatic carbocycles. The zero-order valence-electron chi connectivity index (χ0n) is 17.8. The minimum absolute atomic E-state index is 0.337. The fourth-order valence-corrected chi connectivity index (χ4v) is 4.70. The molecule has 1 aromatic carbocycles.